The highest BCUT2D eigenvalue weighted by Gasteiger charge is 2.67. The van der Waals surface area contributed by atoms with Crippen LogP contribution in [0.4, 0.5) is 0 Å². The van der Waals surface area contributed by atoms with Gasteiger partial charge in [0.2, 0.25) is 0 Å². The van der Waals surface area contributed by atoms with Gasteiger partial charge in [0.1, 0.15) is 12.2 Å². The molecule has 3 N–H and O–H groups in total. The van der Waals surface area contributed by atoms with Gasteiger partial charge >= 0.3 is 0 Å². The molecule has 3 saturated carbocycles. The van der Waals surface area contributed by atoms with E-state index < -0.39 is 29.5 Å². The highest BCUT2D eigenvalue weighted by Crippen LogP contribution is 2.67. The van der Waals surface area contributed by atoms with Crippen LogP contribution in [-0.2, 0) is 9.59 Å². The molecule has 0 aromatic carbocycles. The van der Waals surface area contributed by atoms with Crippen LogP contribution in [0.15, 0.2) is 23.8 Å². The lowest BCUT2D eigenvalue weighted by Gasteiger charge is -2.59. The van der Waals surface area contributed by atoms with E-state index >= 15 is 0 Å². The number of carbonyl (C=O) groups is 2. The number of allylic oxidation sites excluding steroid dienone is 4. The fourth-order valence-corrected chi connectivity index (χ4v) is 6.92. The van der Waals surface area contributed by atoms with E-state index in [1.165, 1.54) is 0 Å². The first-order valence-electron chi connectivity index (χ1n) is 10.7. The van der Waals surface area contributed by atoms with Crippen molar-refractivity contribution in [1.82, 2.24) is 0 Å². The van der Waals surface area contributed by atoms with Crippen molar-refractivity contribution in [2.75, 3.05) is 6.61 Å². The average molecular weight is 391 g/mol. The molecule has 0 aromatic rings. The second-order valence-corrected chi connectivity index (χ2v) is 9.19. The van der Waals surface area contributed by atoms with Crippen molar-refractivity contribution in [3.8, 4) is 0 Å². The van der Waals surface area contributed by atoms with Crippen molar-refractivity contribution in [2.24, 2.45) is 28.6 Å². The Hall–Kier alpha value is -1.30. The third-order valence-corrected chi connectivity index (χ3v) is 8.25. The van der Waals surface area contributed by atoms with E-state index in [1.54, 1.807) is 12.2 Å². The Morgan fingerprint density at radius 3 is 2.57 bits per heavy atom. The van der Waals surface area contributed by atoms with Crippen LogP contribution in [0.5, 0.6) is 0 Å². The molecule has 5 heteroatoms. The Morgan fingerprint density at radius 2 is 1.93 bits per heavy atom. The first kappa shape index (κ1) is 21.4. The topological polar surface area (TPSA) is 94.8 Å². The number of carbonyl (C=O) groups excluding carboxylic acids is 2. The van der Waals surface area contributed by atoms with E-state index in [9.17, 15) is 24.9 Å². The van der Waals surface area contributed by atoms with Crippen molar-refractivity contribution in [2.45, 2.75) is 71.5 Å². The molecule has 5 nitrogen and oxygen atoms in total. The second kappa shape index (κ2) is 7.19. The Kier molecular flexibility index (Phi) is 5.50. The maximum Gasteiger partial charge on any atom is 0.190 e. The summed E-state index contributed by atoms with van der Waals surface area (Å²) in [5, 5.41) is 31.7. The molecule has 0 saturated heterocycles. The molecule has 0 amide bonds. The molecular formula is C23H34O5. The summed E-state index contributed by atoms with van der Waals surface area (Å²) in [7, 11) is 0. The quantitative estimate of drug-likeness (QED) is 0.674. The standard InChI is InChI=1S/C21H28O5.C2H6/c1-19-7-5-13(23)9-12(19)3-4-14-15-6-8-21(26,17(25)11-22)20(15,2)10-16(24)18(14)19;1-2/h5,7,9,14-16,18,22,24,26H,3-4,6,8,10-11H2,1-2H3;1-2H3/t14?,15?,16?,18?,19?,20?,21-;/m0./s1. The molecule has 0 bridgehead atoms. The summed E-state index contributed by atoms with van der Waals surface area (Å²) in [4.78, 5) is 24.2. The van der Waals surface area contributed by atoms with E-state index in [-0.39, 0.29) is 29.0 Å². The van der Waals surface area contributed by atoms with Crippen LogP contribution in [-0.4, -0.2) is 45.2 Å². The van der Waals surface area contributed by atoms with Gasteiger partial charge in [-0.1, -0.05) is 39.3 Å². The van der Waals surface area contributed by atoms with E-state index in [1.807, 2.05) is 26.8 Å². The Bertz CT molecular complexity index is 725. The molecule has 4 aliphatic carbocycles. The number of fused-ring (bicyclic) bond motifs is 5. The van der Waals surface area contributed by atoms with Gasteiger partial charge in [-0.05, 0) is 56.1 Å². The molecule has 0 spiro atoms. The minimum Gasteiger partial charge on any atom is -0.393 e. The summed E-state index contributed by atoms with van der Waals surface area (Å²) in [5.41, 5.74) is -1.54. The first-order valence-corrected chi connectivity index (χ1v) is 10.7. The van der Waals surface area contributed by atoms with Gasteiger partial charge in [-0.2, -0.15) is 0 Å². The summed E-state index contributed by atoms with van der Waals surface area (Å²) in [6.45, 7) is 7.34. The zero-order chi connectivity index (χ0) is 20.9. The lowest BCUT2D eigenvalue weighted by molar-refractivity contribution is -0.178. The fraction of sp³-hybridized carbons (Fsp3) is 0.739. The van der Waals surface area contributed by atoms with Crippen molar-refractivity contribution in [3.63, 3.8) is 0 Å². The van der Waals surface area contributed by atoms with Crippen LogP contribution in [0.1, 0.15) is 59.8 Å². The third-order valence-electron chi connectivity index (χ3n) is 8.25. The van der Waals surface area contributed by atoms with Gasteiger partial charge in [0.05, 0.1) is 6.10 Å². The van der Waals surface area contributed by atoms with Gasteiger partial charge in [0, 0.05) is 16.7 Å². The molecule has 28 heavy (non-hydrogen) atoms. The van der Waals surface area contributed by atoms with Crippen molar-refractivity contribution >= 4 is 11.6 Å². The van der Waals surface area contributed by atoms with Gasteiger partial charge in [0.15, 0.2) is 11.6 Å². The van der Waals surface area contributed by atoms with Gasteiger partial charge in [-0.15, -0.1) is 0 Å². The van der Waals surface area contributed by atoms with Gasteiger partial charge in [0.25, 0.3) is 0 Å². The molecule has 3 fully saturated rings. The SMILES string of the molecule is CC.CC12C=CC(=O)C=C1CCC1C2C(O)CC2(C)C1CC[C@]2(O)C(=O)CO. The maximum atomic E-state index is 12.4. The number of ketones is 2. The van der Waals surface area contributed by atoms with Gasteiger partial charge < -0.3 is 15.3 Å². The van der Waals surface area contributed by atoms with Crippen LogP contribution in [0.3, 0.4) is 0 Å². The van der Waals surface area contributed by atoms with Gasteiger partial charge in [-0.25, -0.2) is 0 Å². The monoisotopic (exact) mass is 390 g/mol. The number of Topliss-reactive ketones (excluding diaryl/α,β-unsaturated/α-hetero) is 1. The number of hydrogen-bond donors (Lipinski definition) is 3. The summed E-state index contributed by atoms with van der Waals surface area (Å²) in [5.74, 6) is -0.227. The Morgan fingerprint density at radius 1 is 1.25 bits per heavy atom. The second-order valence-electron chi connectivity index (χ2n) is 9.19. The molecule has 4 aliphatic rings. The number of aliphatic hydroxyl groups is 3. The molecule has 156 valence electrons. The smallest absolute Gasteiger partial charge is 0.190 e. The van der Waals surface area contributed by atoms with Crippen molar-refractivity contribution in [1.29, 1.82) is 0 Å². The summed E-state index contributed by atoms with van der Waals surface area (Å²) < 4.78 is 0. The predicted octanol–water partition coefficient (Wildman–Crippen LogP) is 2.58. The van der Waals surface area contributed by atoms with Crippen LogP contribution >= 0.6 is 0 Å². The van der Waals surface area contributed by atoms with E-state index in [0.717, 1.165) is 24.8 Å². The fourth-order valence-electron chi connectivity index (χ4n) is 6.92. The van der Waals surface area contributed by atoms with Crippen LogP contribution < -0.4 is 0 Å². The normalized spacial score (nSPS) is 46.5. The predicted molar refractivity (Wildman–Crippen MR) is 106 cm³/mol. The Labute approximate surface area is 167 Å². The summed E-state index contributed by atoms with van der Waals surface area (Å²) >= 11 is 0. The molecule has 0 aromatic heterocycles. The van der Waals surface area contributed by atoms with Crippen LogP contribution in [0.2, 0.25) is 0 Å². The lowest BCUT2D eigenvalue weighted by atomic mass is 9.46. The third kappa shape index (κ3) is 2.70. The molecular weight excluding hydrogens is 356 g/mol. The number of aliphatic hydroxyl groups excluding tert-OH is 2. The maximum absolute atomic E-state index is 12.4. The van der Waals surface area contributed by atoms with E-state index in [2.05, 4.69) is 6.92 Å². The molecule has 0 heterocycles. The summed E-state index contributed by atoms with van der Waals surface area (Å²) in [6.07, 6.45) is 7.68. The zero-order valence-electron chi connectivity index (χ0n) is 17.4. The Balaban J connectivity index is 0.00000109. The molecule has 7 atom stereocenters. The van der Waals surface area contributed by atoms with Crippen LogP contribution in [0.25, 0.3) is 0 Å². The van der Waals surface area contributed by atoms with E-state index in [0.29, 0.717) is 12.8 Å². The largest absolute Gasteiger partial charge is 0.393 e. The van der Waals surface area contributed by atoms with E-state index in [4.69, 9.17) is 0 Å². The van der Waals surface area contributed by atoms with Gasteiger partial charge in [-0.3, -0.25) is 9.59 Å². The molecule has 0 radical (unpaired) electrons. The molecule has 0 aliphatic heterocycles. The van der Waals surface area contributed by atoms with Crippen LogP contribution in [0, 0.1) is 28.6 Å². The summed E-state index contributed by atoms with van der Waals surface area (Å²) in [6, 6.07) is 0. The average Bonchev–Trinajstić information content (AvgIpc) is 2.94. The van der Waals surface area contributed by atoms with Crippen molar-refractivity contribution < 1.29 is 24.9 Å². The number of rotatable bonds is 2. The minimum atomic E-state index is -1.56. The first-order chi connectivity index (χ1) is 13.2. The zero-order valence-corrected chi connectivity index (χ0v) is 17.4. The lowest BCUT2D eigenvalue weighted by Crippen LogP contribution is -2.61. The minimum absolute atomic E-state index is 0.00912. The number of hydrogen-bond acceptors (Lipinski definition) is 5. The molecule has 6 unspecified atom stereocenters. The molecule has 4 rings (SSSR count). The highest BCUT2D eigenvalue weighted by molar-refractivity contribution is 6.01. The highest BCUT2D eigenvalue weighted by atomic mass is 16.3. The van der Waals surface area contributed by atoms with Crippen molar-refractivity contribution in [3.05, 3.63) is 23.8 Å².